The van der Waals surface area contributed by atoms with Crippen LogP contribution in [0.5, 0.6) is 0 Å². The molecule has 0 unspecified atom stereocenters. The molecule has 0 atom stereocenters. The molecule has 0 saturated carbocycles. The zero-order valence-corrected chi connectivity index (χ0v) is 12.1. The lowest BCUT2D eigenvalue weighted by molar-refractivity contribution is -0.385. The lowest BCUT2D eigenvalue weighted by atomic mass is 10.1. The molecule has 0 saturated heterocycles. The van der Waals surface area contributed by atoms with E-state index < -0.39 is 4.92 Å². The zero-order valence-electron chi connectivity index (χ0n) is 11.3. The van der Waals surface area contributed by atoms with Crippen LogP contribution in [0.3, 0.4) is 0 Å². The van der Waals surface area contributed by atoms with Crippen molar-refractivity contribution in [2.45, 2.75) is 6.92 Å². The normalized spacial score (nSPS) is 10.2. The summed E-state index contributed by atoms with van der Waals surface area (Å²) in [6, 6.07) is 11.3. The maximum atomic E-state index is 12.0. The number of nitrogens with one attached hydrogen (secondary N) is 1. The van der Waals surface area contributed by atoms with E-state index >= 15 is 0 Å². The molecule has 0 radical (unpaired) electrons. The first kappa shape index (κ1) is 15.0. The Labute approximate surface area is 126 Å². The predicted octanol–water partition coefficient (Wildman–Crippen LogP) is 3.85. The first-order chi connectivity index (χ1) is 9.97. The van der Waals surface area contributed by atoms with Crippen LogP contribution in [0.4, 0.5) is 11.4 Å². The second-order valence-electron chi connectivity index (χ2n) is 4.54. The average molecular weight is 305 g/mol. The number of anilines is 1. The van der Waals surface area contributed by atoms with Crippen molar-refractivity contribution in [3.63, 3.8) is 0 Å². The molecule has 0 amide bonds. The van der Waals surface area contributed by atoms with Crippen LogP contribution in [0.2, 0.25) is 5.02 Å². The van der Waals surface area contributed by atoms with Crippen molar-refractivity contribution in [3.05, 3.63) is 68.7 Å². The maximum Gasteiger partial charge on any atom is 0.274 e. The van der Waals surface area contributed by atoms with E-state index in [-0.39, 0.29) is 18.0 Å². The number of hydrogen-bond acceptors (Lipinski definition) is 4. The molecular formula is C15H13ClN2O3. The van der Waals surface area contributed by atoms with Crippen LogP contribution in [0.1, 0.15) is 15.9 Å². The summed E-state index contributed by atoms with van der Waals surface area (Å²) < 4.78 is 0. The van der Waals surface area contributed by atoms with Crippen LogP contribution in [0, 0.1) is 17.0 Å². The second-order valence-corrected chi connectivity index (χ2v) is 4.98. The average Bonchev–Trinajstić information content (AvgIpc) is 2.46. The molecule has 0 heterocycles. The van der Waals surface area contributed by atoms with E-state index in [1.54, 1.807) is 43.3 Å². The van der Waals surface area contributed by atoms with Gasteiger partial charge in [0.1, 0.15) is 0 Å². The number of benzene rings is 2. The van der Waals surface area contributed by atoms with Gasteiger partial charge in [-0.1, -0.05) is 17.7 Å². The SMILES string of the molecule is Cc1ccc(NCC(=O)c2ccc(Cl)cc2)cc1[N+](=O)[O-]. The number of rotatable bonds is 5. The van der Waals surface area contributed by atoms with E-state index in [1.807, 2.05) is 0 Å². The highest BCUT2D eigenvalue weighted by Gasteiger charge is 2.12. The van der Waals surface area contributed by atoms with Gasteiger partial charge in [-0.25, -0.2) is 0 Å². The molecule has 21 heavy (non-hydrogen) atoms. The Kier molecular flexibility index (Phi) is 4.55. The summed E-state index contributed by atoms with van der Waals surface area (Å²) in [5.41, 5.74) is 1.68. The van der Waals surface area contributed by atoms with Gasteiger partial charge in [0.2, 0.25) is 0 Å². The van der Waals surface area contributed by atoms with Gasteiger partial charge in [0.05, 0.1) is 11.5 Å². The number of hydrogen-bond donors (Lipinski definition) is 1. The van der Waals surface area contributed by atoms with Crippen LogP contribution < -0.4 is 5.32 Å². The fourth-order valence-electron chi connectivity index (χ4n) is 1.84. The van der Waals surface area contributed by atoms with E-state index in [9.17, 15) is 14.9 Å². The summed E-state index contributed by atoms with van der Waals surface area (Å²) in [4.78, 5) is 22.4. The van der Waals surface area contributed by atoms with Gasteiger partial charge in [0.15, 0.2) is 5.78 Å². The third-order valence-corrected chi connectivity index (χ3v) is 3.28. The zero-order chi connectivity index (χ0) is 15.4. The first-order valence-corrected chi connectivity index (χ1v) is 6.63. The number of carbonyl (C=O) groups is 1. The van der Waals surface area contributed by atoms with E-state index in [0.717, 1.165) is 0 Å². The van der Waals surface area contributed by atoms with Crippen LogP contribution in [0.25, 0.3) is 0 Å². The lowest BCUT2D eigenvalue weighted by Gasteiger charge is -2.07. The Morgan fingerprint density at radius 2 is 1.90 bits per heavy atom. The molecule has 0 aliphatic carbocycles. The van der Waals surface area contributed by atoms with Crippen molar-refractivity contribution >= 4 is 28.8 Å². The molecule has 0 aliphatic heterocycles. The predicted molar refractivity (Wildman–Crippen MR) is 82.1 cm³/mol. The number of ketones is 1. The van der Waals surface area contributed by atoms with Crippen molar-refractivity contribution in [1.82, 2.24) is 0 Å². The van der Waals surface area contributed by atoms with E-state index in [4.69, 9.17) is 11.6 Å². The monoisotopic (exact) mass is 304 g/mol. The highest BCUT2D eigenvalue weighted by molar-refractivity contribution is 6.30. The van der Waals surface area contributed by atoms with E-state index in [1.165, 1.54) is 6.07 Å². The quantitative estimate of drug-likeness (QED) is 0.517. The largest absolute Gasteiger partial charge is 0.377 e. The number of nitro groups is 1. The molecule has 0 aromatic heterocycles. The number of carbonyl (C=O) groups excluding carboxylic acids is 1. The minimum atomic E-state index is -0.443. The number of halogens is 1. The van der Waals surface area contributed by atoms with Crippen LogP contribution in [-0.4, -0.2) is 17.3 Å². The van der Waals surface area contributed by atoms with Gasteiger partial charge in [-0.05, 0) is 37.3 Å². The Hall–Kier alpha value is -2.40. The summed E-state index contributed by atoms with van der Waals surface area (Å²) in [5, 5.41) is 14.3. The molecule has 0 aliphatic rings. The summed E-state index contributed by atoms with van der Waals surface area (Å²) in [5.74, 6) is -0.116. The van der Waals surface area contributed by atoms with Gasteiger partial charge < -0.3 is 5.32 Å². The molecule has 2 aromatic carbocycles. The molecular weight excluding hydrogens is 292 g/mol. The fraction of sp³-hybridized carbons (Fsp3) is 0.133. The van der Waals surface area contributed by atoms with Crippen molar-refractivity contribution in [2.75, 3.05) is 11.9 Å². The van der Waals surface area contributed by atoms with Crippen LogP contribution in [0.15, 0.2) is 42.5 Å². The number of aryl methyl sites for hydroxylation is 1. The maximum absolute atomic E-state index is 12.0. The Balaban J connectivity index is 2.06. The highest BCUT2D eigenvalue weighted by atomic mass is 35.5. The van der Waals surface area contributed by atoms with Crippen LogP contribution >= 0.6 is 11.6 Å². The number of Topliss-reactive ketones (excluding diaryl/α,β-unsaturated/α-hetero) is 1. The minimum absolute atomic E-state index is 0.0268. The molecule has 6 heteroatoms. The Morgan fingerprint density at radius 3 is 2.52 bits per heavy atom. The molecule has 5 nitrogen and oxygen atoms in total. The van der Waals surface area contributed by atoms with Gasteiger partial charge in [-0.3, -0.25) is 14.9 Å². The summed E-state index contributed by atoms with van der Waals surface area (Å²) in [7, 11) is 0. The van der Waals surface area contributed by atoms with Gasteiger partial charge in [0, 0.05) is 27.9 Å². The van der Waals surface area contributed by atoms with Crippen molar-refractivity contribution in [3.8, 4) is 0 Å². The Morgan fingerprint density at radius 1 is 1.24 bits per heavy atom. The van der Waals surface area contributed by atoms with Gasteiger partial charge >= 0.3 is 0 Å². The lowest BCUT2D eigenvalue weighted by Crippen LogP contribution is -2.14. The van der Waals surface area contributed by atoms with E-state index in [2.05, 4.69) is 5.32 Å². The molecule has 1 N–H and O–H groups in total. The van der Waals surface area contributed by atoms with Crippen LogP contribution in [-0.2, 0) is 0 Å². The summed E-state index contributed by atoms with van der Waals surface area (Å²) >= 11 is 5.76. The highest BCUT2D eigenvalue weighted by Crippen LogP contribution is 2.22. The first-order valence-electron chi connectivity index (χ1n) is 6.25. The molecule has 2 rings (SSSR count). The molecule has 0 fully saturated rings. The summed E-state index contributed by atoms with van der Waals surface area (Å²) in [6.45, 7) is 1.72. The van der Waals surface area contributed by atoms with Crippen molar-refractivity contribution < 1.29 is 9.72 Å². The third-order valence-electron chi connectivity index (χ3n) is 3.03. The van der Waals surface area contributed by atoms with Gasteiger partial charge in [-0.15, -0.1) is 0 Å². The number of nitro benzene ring substituents is 1. The van der Waals surface area contributed by atoms with E-state index in [0.29, 0.717) is 21.8 Å². The second kappa shape index (κ2) is 6.37. The minimum Gasteiger partial charge on any atom is -0.377 e. The standard InChI is InChI=1S/C15H13ClN2O3/c1-10-2-7-13(8-14(10)18(20)21)17-9-15(19)11-3-5-12(16)6-4-11/h2-8,17H,9H2,1H3. The van der Waals surface area contributed by atoms with Gasteiger partial charge in [0.25, 0.3) is 5.69 Å². The Bertz CT molecular complexity index is 684. The summed E-state index contributed by atoms with van der Waals surface area (Å²) in [6.07, 6.45) is 0. The topological polar surface area (TPSA) is 72.2 Å². The molecule has 0 bridgehead atoms. The smallest absolute Gasteiger partial charge is 0.274 e. The molecule has 0 spiro atoms. The van der Waals surface area contributed by atoms with Gasteiger partial charge in [-0.2, -0.15) is 0 Å². The molecule has 108 valence electrons. The fourth-order valence-corrected chi connectivity index (χ4v) is 1.96. The van der Waals surface area contributed by atoms with Crippen molar-refractivity contribution in [1.29, 1.82) is 0 Å². The number of nitrogens with zero attached hydrogens (tertiary/aromatic N) is 1. The van der Waals surface area contributed by atoms with Crippen molar-refractivity contribution in [2.24, 2.45) is 0 Å². The molecule has 2 aromatic rings. The third kappa shape index (κ3) is 3.79.